The van der Waals surface area contributed by atoms with E-state index in [1.54, 1.807) is 40.0 Å². The predicted octanol–water partition coefficient (Wildman–Crippen LogP) is 4.87. The van der Waals surface area contributed by atoms with Crippen molar-refractivity contribution in [1.82, 2.24) is 14.6 Å². The van der Waals surface area contributed by atoms with Gasteiger partial charge in [0.05, 0.1) is 23.3 Å². The molecule has 43 heavy (non-hydrogen) atoms. The van der Waals surface area contributed by atoms with E-state index in [2.05, 4.69) is 10.3 Å². The number of nitrogens with one attached hydrogen (secondary N) is 1. The number of rotatable bonds is 8. The summed E-state index contributed by atoms with van der Waals surface area (Å²) in [4.78, 5) is 35.2. The number of hydrogen-bond acceptors (Lipinski definition) is 10. The lowest BCUT2D eigenvalue weighted by Crippen LogP contribution is -2.50. The Kier molecular flexibility index (Phi) is 9.31. The molecular weight excluding hydrogens is 612 g/mol. The Morgan fingerprint density at radius 2 is 1.86 bits per heavy atom. The van der Waals surface area contributed by atoms with Crippen molar-refractivity contribution >= 4 is 50.7 Å². The molecule has 1 atom stereocenters. The third-order valence-electron chi connectivity index (χ3n) is 7.88. The van der Waals surface area contributed by atoms with Crippen LogP contribution in [-0.4, -0.2) is 66.0 Å². The number of amidine groups is 1. The summed E-state index contributed by atoms with van der Waals surface area (Å²) in [6, 6.07) is 6.56. The van der Waals surface area contributed by atoms with Crippen molar-refractivity contribution in [3.63, 3.8) is 0 Å². The molecule has 2 fully saturated rings. The van der Waals surface area contributed by atoms with Gasteiger partial charge in [0.25, 0.3) is 0 Å². The number of aliphatic imine (C=N–C) groups is 1. The Balaban J connectivity index is 1.38. The van der Waals surface area contributed by atoms with Gasteiger partial charge in [0.2, 0.25) is 10.0 Å². The van der Waals surface area contributed by atoms with Gasteiger partial charge in [-0.15, -0.1) is 11.3 Å². The molecule has 2 aliphatic heterocycles. The van der Waals surface area contributed by atoms with Crippen LogP contribution in [0.1, 0.15) is 70.0 Å². The zero-order valence-corrected chi connectivity index (χ0v) is 27.1. The van der Waals surface area contributed by atoms with Crippen molar-refractivity contribution in [1.29, 1.82) is 0 Å². The molecule has 13 heteroatoms. The lowest BCUT2D eigenvalue weighted by Gasteiger charge is -2.40. The fourth-order valence-electron chi connectivity index (χ4n) is 5.69. The van der Waals surface area contributed by atoms with Gasteiger partial charge >= 0.3 is 11.9 Å². The molecular formula is C30H37ClN4O6S2. The zero-order chi connectivity index (χ0) is 30.9. The molecule has 1 N–H and O–H groups in total. The Morgan fingerprint density at radius 3 is 2.47 bits per heavy atom. The number of hydrogen-bond donors (Lipinski definition) is 1. The van der Waals surface area contributed by atoms with Crippen molar-refractivity contribution in [2.75, 3.05) is 19.7 Å². The number of carbonyl (C=O) groups is 2. The van der Waals surface area contributed by atoms with Crippen molar-refractivity contribution in [2.24, 2.45) is 16.8 Å². The molecule has 3 aliphatic rings. The summed E-state index contributed by atoms with van der Waals surface area (Å²) in [5.41, 5.74) is 1.09. The number of ether oxygens (including phenoxy) is 2. The highest BCUT2D eigenvalue weighted by molar-refractivity contribution is 7.89. The molecule has 232 valence electrons. The second-order valence-electron chi connectivity index (χ2n) is 12.0. The van der Waals surface area contributed by atoms with Gasteiger partial charge in [0.15, 0.2) is 10.8 Å². The van der Waals surface area contributed by atoms with Gasteiger partial charge in [-0.05, 0) is 59.4 Å². The van der Waals surface area contributed by atoms with Gasteiger partial charge in [-0.2, -0.15) is 0 Å². The quantitative estimate of drug-likeness (QED) is 0.402. The van der Waals surface area contributed by atoms with Gasteiger partial charge in [0, 0.05) is 46.9 Å². The number of piperidine rings is 1. The molecule has 3 heterocycles. The highest BCUT2D eigenvalue weighted by Crippen LogP contribution is 2.41. The number of halogens is 1. The highest BCUT2D eigenvalue weighted by Gasteiger charge is 2.47. The number of carbonyl (C=O) groups excluding carboxylic acids is 2. The van der Waals surface area contributed by atoms with E-state index >= 15 is 0 Å². The molecule has 0 spiro atoms. The summed E-state index contributed by atoms with van der Waals surface area (Å²) >= 11 is 8.03. The van der Waals surface area contributed by atoms with Crippen LogP contribution in [0, 0.1) is 11.8 Å². The van der Waals surface area contributed by atoms with Crippen molar-refractivity contribution in [3.8, 4) is 0 Å². The van der Waals surface area contributed by atoms with Crippen LogP contribution in [0.2, 0.25) is 5.02 Å². The molecule has 10 nitrogen and oxygen atoms in total. The molecule has 2 aromatic rings. The number of nitrogens with zero attached hydrogens (tertiary/aromatic N) is 3. The van der Waals surface area contributed by atoms with Crippen LogP contribution in [0.5, 0.6) is 0 Å². The largest absolute Gasteiger partial charge is 0.463 e. The fraction of sp³-hybridized carbons (Fsp3) is 0.533. The maximum atomic E-state index is 13.5. The number of esters is 2. The SMILES string of the molecule is CCOC(=O)C1=C(C2CCN(S(=O)(=O)C3CC(C(=O)OC(C)(C)C)C3)CC2)NC(c2nccs2)=NC1c1ccccc1Cl. The lowest BCUT2D eigenvalue weighted by atomic mass is 9.85. The summed E-state index contributed by atoms with van der Waals surface area (Å²) in [6.45, 7) is 7.93. The Morgan fingerprint density at radius 1 is 1.16 bits per heavy atom. The summed E-state index contributed by atoms with van der Waals surface area (Å²) < 4.78 is 39.4. The van der Waals surface area contributed by atoms with Crippen LogP contribution in [0.4, 0.5) is 0 Å². The Bertz CT molecular complexity index is 1520. The monoisotopic (exact) mass is 648 g/mol. The normalized spacial score (nSPS) is 23.7. The van der Waals surface area contributed by atoms with Crippen LogP contribution in [-0.2, 0) is 29.1 Å². The molecule has 1 unspecified atom stereocenters. The van der Waals surface area contributed by atoms with E-state index in [0.717, 1.165) is 0 Å². The maximum Gasteiger partial charge on any atom is 0.338 e. The third kappa shape index (κ3) is 6.82. The Hall–Kier alpha value is -2.80. The summed E-state index contributed by atoms with van der Waals surface area (Å²) in [7, 11) is -3.59. The molecule has 1 aromatic heterocycles. The minimum absolute atomic E-state index is 0.155. The topological polar surface area (TPSA) is 127 Å². The van der Waals surface area contributed by atoms with Crippen molar-refractivity contribution in [2.45, 2.75) is 70.3 Å². The van der Waals surface area contributed by atoms with E-state index in [1.807, 2.05) is 23.6 Å². The number of benzene rings is 1. The molecule has 1 saturated carbocycles. The maximum absolute atomic E-state index is 13.5. The minimum Gasteiger partial charge on any atom is -0.463 e. The third-order valence-corrected chi connectivity index (χ3v) is 11.3. The molecule has 1 aliphatic carbocycles. The van der Waals surface area contributed by atoms with E-state index in [1.165, 1.54) is 15.6 Å². The standard InChI is InChI=1S/C30H37ClN4O6S2/c1-5-40-29(37)23-24(33-26(27-32-12-15-42-27)34-25(23)21-8-6-7-9-22(21)31)18-10-13-35(14-11-18)43(38,39)20-16-19(17-20)28(36)41-30(2,3)4/h6-9,12,15,18-20,25H,5,10-11,13-14,16-17H2,1-4H3,(H,33,34). The number of aromatic nitrogens is 1. The zero-order valence-electron chi connectivity index (χ0n) is 24.7. The van der Waals surface area contributed by atoms with Crippen LogP contribution >= 0.6 is 22.9 Å². The van der Waals surface area contributed by atoms with E-state index in [4.69, 9.17) is 26.1 Å². The van der Waals surface area contributed by atoms with E-state index in [-0.39, 0.29) is 31.3 Å². The van der Waals surface area contributed by atoms with E-state index in [0.29, 0.717) is 58.6 Å². The molecule has 0 bridgehead atoms. The van der Waals surface area contributed by atoms with Gasteiger partial charge < -0.3 is 14.8 Å². The second-order valence-corrected chi connectivity index (χ2v) is 15.5. The summed E-state index contributed by atoms with van der Waals surface area (Å²) in [5.74, 6) is -0.858. The van der Waals surface area contributed by atoms with Crippen LogP contribution in [0.3, 0.4) is 0 Å². The van der Waals surface area contributed by atoms with Gasteiger partial charge in [0.1, 0.15) is 11.6 Å². The molecule has 1 saturated heterocycles. The summed E-state index contributed by atoms with van der Waals surface area (Å²) in [6.07, 6.45) is 3.21. The van der Waals surface area contributed by atoms with Gasteiger partial charge in [-0.1, -0.05) is 29.8 Å². The molecule has 0 amide bonds. The first-order valence-corrected chi connectivity index (χ1v) is 17.3. The highest BCUT2D eigenvalue weighted by atomic mass is 35.5. The van der Waals surface area contributed by atoms with Gasteiger partial charge in [-0.3, -0.25) is 9.79 Å². The average Bonchev–Trinajstić information content (AvgIpc) is 3.46. The minimum atomic E-state index is -3.59. The smallest absolute Gasteiger partial charge is 0.338 e. The van der Waals surface area contributed by atoms with Crippen molar-refractivity contribution in [3.05, 3.63) is 62.7 Å². The van der Waals surface area contributed by atoms with Gasteiger partial charge in [-0.25, -0.2) is 22.5 Å². The molecule has 5 rings (SSSR count). The van der Waals surface area contributed by atoms with E-state index < -0.39 is 38.8 Å². The van der Waals surface area contributed by atoms with E-state index in [9.17, 15) is 18.0 Å². The lowest BCUT2D eigenvalue weighted by molar-refractivity contribution is -0.162. The number of sulfonamides is 1. The van der Waals surface area contributed by atoms with Crippen LogP contribution < -0.4 is 5.32 Å². The van der Waals surface area contributed by atoms with Crippen LogP contribution in [0.25, 0.3) is 0 Å². The number of thiazole rings is 1. The second kappa shape index (κ2) is 12.7. The summed E-state index contributed by atoms with van der Waals surface area (Å²) in [5, 5.41) is 5.78. The first-order chi connectivity index (χ1) is 20.4. The molecule has 0 radical (unpaired) electrons. The average molecular weight is 649 g/mol. The van der Waals surface area contributed by atoms with Crippen molar-refractivity contribution < 1.29 is 27.5 Å². The van der Waals surface area contributed by atoms with Crippen LogP contribution in [0.15, 0.2) is 52.1 Å². The Labute approximate surface area is 261 Å². The first kappa shape index (κ1) is 31.6. The molecule has 1 aromatic carbocycles. The fourth-order valence-corrected chi connectivity index (χ4v) is 8.61. The number of allylic oxidation sites excluding steroid dienone is 1. The first-order valence-electron chi connectivity index (χ1n) is 14.5. The predicted molar refractivity (Wildman–Crippen MR) is 165 cm³/mol.